The molecule has 8 N–H and O–H groups in total. The fraction of sp³-hybridized carbons (Fsp3) is 0.484. The van der Waals surface area contributed by atoms with Crippen molar-refractivity contribution >= 4 is 24.2 Å². The van der Waals surface area contributed by atoms with Crippen LogP contribution in [0.5, 0.6) is 0 Å². The first-order valence-corrected chi connectivity index (χ1v) is 14.3. The fourth-order valence-corrected chi connectivity index (χ4v) is 5.32. The molecule has 2 heterocycles. The predicted molar refractivity (Wildman–Crippen MR) is 175 cm³/mol. The van der Waals surface area contributed by atoms with Gasteiger partial charge < -0.3 is 32.3 Å². The predicted octanol–water partition coefficient (Wildman–Crippen LogP) is 3.30. The smallest absolute Gasteiger partial charge is 0.218 e. The lowest BCUT2D eigenvalue weighted by atomic mass is 9.81. The van der Waals surface area contributed by atoms with E-state index in [1.807, 2.05) is 34.1 Å². The third-order valence-corrected chi connectivity index (χ3v) is 7.82. The van der Waals surface area contributed by atoms with Crippen LogP contribution in [-0.4, -0.2) is 80.3 Å². The molecule has 224 valence electrons. The number of rotatable bonds is 9. The Labute approximate surface area is 246 Å². The standard InChI is InChI=1S/C21H36N8.C10H14N2/c1-4-17-9-10-29(14-18(17)5-2)21(24)28-20(23)27-13-16-8-6-7-15(11-16)12-26-19(22)25-3;1-3-9-5-6-12(8-11)7-10(9)4-2/h4-5,15-16H,1-2,6-14H2,3H3,(H3,22,25,26)(H4,23,24,27,28);3-4,8,11H,1-2,5-7H2. The highest BCUT2D eigenvalue weighted by Gasteiger charge is 2.22. The Hall–Kier alpha value is -4.08. The number of guanidine groups is 3. The van der Waals surface area contributed by atoms with Gasteiger partial charge in [-0.05, 0) is 66.2 Å². The number of allylic oxidation sites excluding steroid dienone is 2. The molecule has 41 heavy (non-hydrogen) atoms. The van der Waals surface area contributed by atoms with Crippen LogP contribution in [0, 0.1) is 17.2 Å². The summed E-state index contributed by atoms with van der Waals surface area (Å²) in [5.41, 5.74) is 22.7. The Kier molecular flexibility index (Phi) is 14.2. The van der Waals surface area contributed by atoms with Crippen LogP contribution < -0.4 is 22.5 Å². The van der Waals surface area contributed by atoms with Gasteiger partial charge in [-0.15, -0.1) is 0 Å². The Morgan fingerprint density at radius 3 is 2.15 bits per heavy atom. The van der Waals surface area contributed by atoms with Gasteiger partial charge in [-0.3, -0.25) is 15.4 Å². The first kappa shape index (κ1) is 33.1. The van der Waals surface area contributed by atoms with Crippen LogP contribution in [0.2, 0.25) is 0 Å². The highest BCUT2D eigenvalue weighted by atomic mass is 15.3. The Bertz CT molecular complexity index is 1090. The van der Waals surface area contributed by atoms with Crippen LogP contribution in [0.1, 0.15) is 38.5 Å². The lowest BCUT2D eigenvalue weighted by Crippen LogP contribution is -2.42. The van der Waals surface area contributed by atoms with Gasteiger partial charge in [0.05, 0.1) is 6.34 Å². The van der Waals surface area contributed by atoms with Crippen molar-refractivity contribution in [3.05, 3.63) is 72.9 Å². The van der Waals surface area contributed by atoms with Crippen molar-refractivity contribution in [3.8, 4) is 0 Å². The van der Waals surface area contributed by atoms with Crippen molar-refractivity contribution in [1.82, 2.24) is 15.1 Å². The van der Waals surface area contributed by atoms with E-state index in [-0.39, 0.29) is 5.96 Å². The van der Waals surface area contributed by atoms with Gasteiger partial charge in [0.1, 0.15) is 0 Å². The number of nitrogens with zero attached hydrogens (tertiary/aromatic N) is 5. The molecular weight excluding hydrogens is 512 g/mol. The average Bonchev–Trinajstić information content (AvgIpc) is 3.02. The molecule has 0 radical (unpaired) electrons. The molecule has 0 aromatic heterocycles. The van der Waals surface area contributed by atoms with Gasteiger partial charge in [-0.1, -0.05) is 57.0 Å². The molecule has 0 saturated heterocycles. The molecule has 1 fully saturated rings. The average molecular weight is 563 g/mol. The molecule has 2 unspecified atom stereocenters. The van der Waals surface area contributed by atoms with Crippen LogP contribution in [-0.2, 0) is 0 Å². The molecule has 10 heteroatoms. The highest BCUT2D eigenvalue weighted by molar-refractivity contribution is 5.93. The zero-order valence-corrected chi connectivity index (χ0v) is 24.8. The topological polar surface area (TPSA) is 158 Å². The maximum Gasteiger partial charge on any atom is 0.218 e. The minimum atomic E-state index is 0.240. The summed E-state index contributed by atoms with van der Waals surface area (Å²) in [5, 5.41) is 10.3. The van der Waals surface area contributed by atoms with Crippen LogP contribution in [0.15, 0.2) is 87.9 Å². The first-order valence-electron chi connectivity index (χ1n) is 14.3. The number of hydrogen-bond donors (Lipinski definition) is 5. The third-order valence-electron chi connectivity index (χ3n) is 7.82. The summed E-state index contributed by atoms with van der Waals surface area (Å²) in [4.78, 5) is 16.7. The molecule has 2 aliphatic heterocycles. The summed E-state index contributed by atoms with van der Waals surface area (Å²) in [7, 11) is 1.69. The Morgan fingerprint density at radius 2 is 1.54 bits per heavy atom. The van der Waals surface area contributed by atoms with E-state index in [2.05, 4.69) is 46.6 Å². The van der Waals surface area contributed by atoms with E-state index in [4.69, 9.17) is 22.6 Å². The maximum absolute atomic E-state index is 7.10. The number of nitrogens with one attached hydrogen (secondary N) is 2. The first-order chi connectivity index (χ1) is 19.8. The third kappa shape index (κ3) is 10.8. The Morgan fingerprint density at radius 1 is 0.927 bits per heavy atom. The molecule has 2 atom stereocenters. The van der Waals surface area contributed by atoms with Crippen molar-refractivity contribution in [2.24, 2.45) is 44.0 Å². The van der Waals surface area contributed by atoms with Crippen molar-refractivity contribution in [2.75, 3.05) is 46.3 Å². The van der Waals surface area contributed by atoms with Crippen molar-refractivity contribution < 1.29 is 0 Å². The number of aliphatic imine (C=N–C) groups is 3. The van der Waals surface area contributed by atoms with E-state index in [1.165, 1.54) is 35.9 Å². The van der Waals surface area contributed by atoms with E-state index >= 15 is 0 Å². The van der Waals surface area contributed by atoms with Gasteiger partial charge in [0.2, 0.25) is 5.96 Å². The molecule has 1 saturated carbocycles. The summed E-state index contributed by atoms with van der Waals surface area (Å²) < 4.78 is 0. The summed E-state index contributed by atoms with van der Waals surface area (Å²) in [6, 6.07) is 0. The minimum absolute atomic E-state index is 0.240. The summed E-state index contributed by atoms with van der Waals surface area (Å²) in [5.74, 6) is 2.21. The molecule has 10 nitrogen and oxygen atoms in total. The zero-order valence-electron chi connectivity index (χ0n) is 24.8. The van der Waals surface area contributed by atoms with E-state index in [0.717, 1.165) is 57.4 Å². The van der Waals surface area contributed by atoms with Gasteiger partial charge in [0.15, 0.2) is 11.9 Å². The van der Waals surface area contributed by atoms with Crippen molar-refractivity contribution in [1.29, 1.82) is 5.41 Å². The molecule has 1 aliphatic carbocycles. The Balaban J connectivity index is 0.000000408. The molecule has 3 rings (SSSR count). The second kappa shape index (κ2) is 17.6. The lowest BCUT2D eigenvalue weighted by Gasteiger charge is -2.29. The van der Waals surface area contributed by atoms with Gasteiger partial charge >= 0.3 is 0 Å². The van der Waals surface area contributed by atoms with Gasteiger partial charge in [-0.25, -0.2) is 0 Å². The van der Waals surface area contributed by atoms with Crippen LogP contribution in [0.4, 0.5) is 0 Å². The second-order valence-corrected chi connectivity index (χ2v) is 10.5. The largest absolute Gasteiger partial charge is 0.370 e. The van der Waals surface area contributed by atoms with Crippen LogP contribution >= 0.6 is 0 Å². The van der Waals surface area contributed by atoms with Crippen molar-refractivity contribution in [3.63, 3.8) is 0 Å². The number of nitrogens with two attached hydrogens (primary N) is 3. The van der Waals surface area contributed by atoms with Crippen LogP contribution in [0.3, 0.4) is 0 Å². The van der Waals surface area contributed by atoms with Crippen molar-refractivity contribution in [2.45, 2.75) is 38.5 Å². The summed E-state index contributed by atoms with van der Waals surface area (Å²) in [6.45, 7) is 19.9. The number of hydrogen-bond acceptors (Lipinski definition) is 3. The molecule has 0 aromatic carbocycles. The molecular formula is C31H50N10. The van der Waals surface area contributed by atoms with Gasteiger partial charge in [0.25, 0.3) is 0 Å². The normalized spacial score (nSPS) is 22.4. The van der Waals surface area contributed by atoms with E-state index in [0.29, 0.717) is 36.8 Å². The molecule has 0 amide bonds. The summed E-state index contributed by atoms with van der Waals surface area (Å²) in [6.07, 6.45) is 15.3. The second-order valence-electron chi connectivity index (χ2n) is 10.5. The van der Waals surface area contributed by atoms with E-state index in [1.54, 1.807) is 7.05 Å². The zero-order chi connectivity index (χ0) is 30.2. The lowest BCUT2D eigenvalue weighted by molar-refractivity contribution is 0.272. The molecule has 3 aliphatic rings. The quantitative estimate of drug-likeness (QED) is 0.214. The van der Waals surface area contributed by atoms with E-state index < -0.39 is 0 Å². The monoisotopic (exact) mass is 562 g/mol. The van der Waals surface area contributed by atoms with Crippen LogP contribution in [0.25, 0.3) is 0 Å². The van der Waals surface area contributed by atoms with Gasteiger partial charge in [-0.2, -0.15) is 4.99 Å². The van der Waals surface area contributed by atoms with Gasteiger partial charge in [0, 0.05) is 46.3 Å². The minimum Gasteiger partial charge on any atom is -0.370 e. The molecule has 0 spiro atoms. The fourth-order valence-electron chi connectivity index (χ4n) is 5.32. The summed E-state index contributed by atoms with van der Waals surface area (Å²) >= 11 is 0. The van der Waals surface area contributed by atoms with E-state index in [9.17, 15) is 0 Å². The maximum atomic E-state index is 7.10. The molecule has 0 aromatic rings. The SMILES string of the molecule is C=CC1=C(C=C)CN(/C(N)=N/C(N)=NCC2CCCC(CNC(N)=NC)C2)CC1.C=CC1=C(C=C)CN(C=N)CC1. The molecule has 0 bridgehead atoms. The highest BCUT2D eigenvalue weighted by Crippen LogP contribution is 2.29.